The van der Waals surface area contributed by atoms with Gasteiger partial charge < -0.3 is 19.8 Å². The van der Waals surface area contributed by atoms with Crippen molar-refractivity contribution in [2.24, 2.45) is 0 Å². The van der Waals surface area contributed by atoms with Crippen LogP contribution in [0.25, 0.3) is 0 Å². The lowest BCUT2D eigenvalue weighted by atomic mass is 10.5. The van der Waals surface area contributed by atoms with E-state index in [0.717, 1.165) is 11.0 Å². The number of rotatable bonds is 3. The van der Waals surface area contributed by atoms with Crippen LogP contribution in [0.15, 0.2) is 0 Å². The maximum Gasteiger partial charge on any atom is 0.101 e. The van der Waals surface area contributed by atoms with Gasteiger partial charge in [-0.25, -0.2) is 0 Å². The van der Waals surface area contributed by atoms with Gasteiger partial charge in [-0.3, -0.25) is 0 Å². The third-order valence-corrected chi connectivity index (χ3v) is 0.871. The molecule has 70 valence electrons. The molecule has 0 saturated carbocycles. The molecule has 0 aliphatic rings. The smallest absolute Gasteiger partial charge is 0.101 e. The average molecular weight is 166 g/mol. The zero-order valence-electron chi connectivity index (χ0n) is 7.62. The van der Waals surface area contributed by atoms with Gasteiger partial charge in [0, 0.05) is 0 Å². The van der Waals surface area contributed by atoms with Gasteiger partial charge in [0.1, 0.15) is 6.54 Å². The molecule has 0 spiro atoms. The Morgan fingerprint density at radius 3 is 1.18 bits per heavy atom. The minimum Gasteiger partial charge on any atom is -0.394 e. The Hall–Kier alpha value is -0.160. The standard InChI is InChI=1S/C5H14NO.C2H6O2/c1-6(2,3)4-5-7;3-1-2-4/h7H,4-5H2,1-3H3;3-4H,1-2H2/q+1;. The fourth-order valence-corrected chi connectivity index (χ4v) is 0.300. The molecule has 0 aliphatic heterocycles. The molecule has 0 radical (unpaired) electrons. The van der Waals surface area contributed by atoms with E-state index >= 15 is 0 Å². The second-order valence-electron chi connectivity index (χ2n) is 3.18. The molecule has 0 saturated heterocycles. The molecule has 11 heavy (non-hydrogen) atoms. The maximum atomic E-state index is 8.39. The Bertz CT molecular complexity index is 68.6. The van der Waals surface area contributed by atoms with Gasteiger partial charge >= 0.3 is 0 Å². The summed E-state index contributed by atoms with van der Waals surface area (Å²) in [5, 5.41) is 23.6. The molecule has 3 N–H and O–H groups in total. The molecule has 0 aromatic carbocycles. The number of quaternary nitrogens is 1. The van der Waals surface area contributed by atoms with E-state index in [1.807, 2.05) is 0 Å². The summed E-state index contributed by atoms with van der Waals surface area (Å²) < 4.78 is 0.844. The van der Waals surface area contributed by atoms with E-state index < -0.39 is 0 Å². The van der Waals surface area contributed by atoms with Crippen molar-refractivity contribution in [3.05, 3.63) is 0 Å². The van der Waals surface area contributed by atoms with E-state index in [2.05, 4.69) is 21.1 Å². The predicted molar refractivity (Wildman–Crippen MR) is 44.2 cm³/mol. The average Bonchev–Trinajstić information content (AvgIpc) is 1.86. The van der Waals surface area contributed by atoms with Gasteiger partial charge in [-0.1, -0.05) is 0 Å². The highest BCUT2D eigenvalue weighted by atomic mass is 16.3. The van der Waals surface area contributed by atoms with Crippen LogP contribution in [0.1, 0.15) is 0 Å². The largest absolute Gasteiger partial charge is 0.394 e. The molecule has 0 aromatic heterocycles. The van der Waals surface area contributed by atoms with Crippen LogP contribution in [0.5, 0.6) is 0 Å². The van der Waals surface area contributed by atoms with Crippen molar-refractivity contribution in [1.82, 2.24) is 0 Å². The van der Waals surface area contributed by atoms with Gasteiger partial charge in [0.05, 0.1) is 41.0 Å². The van der Waals surface area contributed by atoms with Crippen LogP contribution in [0, 0.1) is 0 Å². The van der Waals surface area contributed by atoms with Crippen molar-refractivity contribution in [3.8, 4) is 0 Å². The Labute approximate surface area is 68.3 Å². The minimum absolute atomic E-state index is 0.125. The Morgan fingerprint density at radius 1 is 0.818 bits per heavy atom. The second kappa shape index (κ2) is 7.94. The van der Waals surface area contributed by atoms with Crippen LogP contribution < -0.4 is 0 Å². The van der Waals surface area contributed by atoms with Crippen LogP contribution in [0.2, 0.25) is 0 Å². The lowest BCUT2D eigenvalue weighted by Gasteiger charge is -2.21. The quantitative estimate of drug-likeness (QED) is 0.455. The Balaban J connectivity index is 0. The highest BCUT2D eigenvalue weighted by molar-refractivity contribution is 4.19. The topological polar surface area (TPSA) is 60.7 Å². The molecule has 0 amide bonds. The summed E-state index contributed by atoms with van der Waals surface area (Å²) in [4.78, 5) is 0. The number of hydrogen-bond donors (Lipinski definition) is 3. The van der Waals surface area contributed by atoms with Gasteiger partial charge in [-0.15, -0.1) is 0 Å². The molecule has 0 bridgehead atoms. The van der Waals surface area contributed by atoms with E-state index in [4.69, 9.17) is 15.3 Å². The number of likely N-dealkylation sites (N-methyl/N-ethyl adjacent to an activating group) is 1. The fourth-order valence-electron chi connectivity index (χ4n) is 0.300. The van der Waals surface area contributed by atoms with E-state index in [1.54, 1.807) is 0 Å². The van der Waals surface area contributed by atoms with E-state index in [0.29, 0.717) is 0 Å². The summed E-state index contributed by atoms with van der Waals surface area (Å²) in [6.07, 6.45) is 0. The van der Waals surface area contributed by atoms with Crippen LogP contribution >= 0.6 is 0 Å². The number of aliphatic hydroxyl groups is 3. The molecule has 0 heterocycles. The normalized spacial score (nSPS) is 10.4. The van der Waals surface area contributed by atoms with Crippen molar-refractivity contribution in [2.75, 3.05) is 47.5 Å². The zero-order valence-corrected chi connectivity index (χ0v) is 7.62. The molecule has 0 atom stereocenters. The molecule has 0 rings (SSSR count). The summed E-state index contributed by atoms with van der Waals surface area (Å²) in [5.41, 5.74) is 0. The van der Waals surface area contributed by atoms with Gasteiger partial charge in [-0.05, 0) is 0 Å². The monoisotopic (exact) mass is 166 g/mol. The second-order valence-corrected chi connectivity index (χ2v) is 3.18. The van der Waals surface area contributed by atoms with Crippen molar-refractivity contribution < 1.29 is 19.8 Å². The highest BCUT2D eigenvalue weighted by Gasteiger charge is 2.02. The molecule has 0 unspecified atom stereocenters. The first-order valence-corrected chi connectivity index (χ1v) is 3.61. The lowest BCUT2D eigenvalue weighted by molar-refractivity contribution is -0.870. The molecule has 4 nitrogen and oxygen atoms in total. The van der Waals surface area contributed by atoms with Crippen molar-refractivity contribution in [1.29, 1.82) is 0 Å². The first-order chi connectivity index (χ1) is 4.97. The van der Waals surface area contributed by atoms with Crippen molar-refractivity contribution >= 4 is 0 Å². The molecule has 0 aliphatic carbocycles. The summed E-state index contributed by atoms with van der Waals surface area (Å²) in [7, 11) is 6.16. The third kappa shape index (κ3) is 25.8. The molecule has 4 heteroatoms. The van der Waals surface area contributed by atoms with E-state index in [-0.39, 0.29) is 19.8 Å². The van der Waals surface area contributed by atoms with Crippen LogP contribution in [0.4, 0.5) is 0 Å². The van der Waals surface area contributed by atoms with Gasteiger partial charge in [0.15, 0.2) is 0 Å². The first-order valence-electron chi connectivity index (χ1n) is 3.61. The Kier molecular flexibility index (Phi) is 9.70. The summed E-state index contributed by atoms with van der Waals surface area (Å²) in [5.74, 6) is 0. The molecule has 0 fully saturated rings. The fraction of sp³-hybridized carbons (Fsp3) is 1.00. The predicted octanol–water partition coefficient (Wildman–Crippen LogP) is -1.34. The van der Waals surface area contributed by atoms with Crippen LogP contribution in [-0.2, 0) is 0 Å². The summed E-state index contributed by atoms with van der Waals surface area (Å²) in [6.45, 7) is 0.865. The number of hydrogen-bond acceptors (Lipinski definition) is 3. The minimum atomic E-state index is -0.125. The SMILES string of the molecule is C[N+](C)(C)CCO.OCCO. The van der Waals surface area contributed by atoms with Crippen LogP contribution in [0.3, 0.4) is 0 Å². The molecular weight excluding hydrogens is 146 g/mol. The lowest BCUT2D eigenvalue weighted by Crippen LogP contribution is -2.36. The summed E-state index contributed by atoms with van der Waals surface area (Å²) >= 11 is 0. The van der Waals surface area contributed by atoms with Gasteiger partial charge in [0.25, 0.3) is 0 Å². The van der Waals surface area contributed by atoms with E-state index in [1.165, 1.54) is 0 Å². The van der Waals surface area contributed by atoms with Crippen molar-refractivity contribution in [3.63, 3.8) is 0 Å². The van der Waals surface area contributed by atoms with E-state index in [9.17, 15) is 0 Å². The summed E-state index contributed by atoms with van der Waals surface area (Å²) in [6, 6.07) is 0. The Morgan fingerprint density at radius 2 is 1.18 bits per heavy atom. The maximum absolute atomic E-state index is 8.39. The van der Waals surface area contributed by atoms with Gasteiger partial charge in [-0.2, -0.15) is 0 Å². The number of aliphatic hydroxyl groups excluding tert-OH is 3. The number of nitrogens with zero attached hydrogens (tertiary/aromatic N) is 1. The third-order valence-electron chi connectivity index (χ3n) is 0.871. The van der Waals surface area contributed by atoms with Crippen LogP contribution in [-0.4, -0.2) is 67.3 Å². The molecule has 0 aromatic rings. The van der Waals surface area contributed by atoms with Crippen molar-refractivity contribution in [2.45, 2.75) is 0 Å². The highest BCUT2D eigenvalue weighted by Crippen LogP contribution is 1.84. The first kappa shape index (κ1) is 13.4. The zero-order chi connectivity index (χ0) is 9.33. The van der Waals surface area contributed by atoms with Gasteiger partial charge in [0.2, 0.25) is 0 Å². The molecular formula is C7H20NO3+.